The Balaban J connectivity index is 3.51. The minimum Gasteiger partial charge on any atom is -0.481 e. The second kappa shape index (κ2) is 4.72. The number of hydrogen-bond donors (Lipinski definition) is 2. The fraction of sp³-hybridized carbons (Fsp3) is 0.875. The number of thioether (sulfide) groups is 1. The first-order valence-electron chi connectivity index (χ1n) is 3.92. The Labute approximate surface area is 77.7 Å². The van der Waals surface area contributed by atoms with Gasteiger partial charge in [0.25, 0.3) is 0 Å². The Kier molecular flexibility index (Phi) is 4.63. The maximum Gasteiger partial charge on any atom is 0.307 e. The van der Waals surface area contributed by atoms with Crippen LogP contribution in [0.3, 0.4) is 0 Å². The van der Waals surface area contributed by atoms with E-state index in [1.165, 1.54) is 0 Å². The first kappa shape index (κ1) is 11.8. The number of carboxylic acid groups (broad SMARTS) is 1. The number of carbonyl (C=O) groups is 1. The summed E-state index contributed by atoms with van der Waals surface area (Å²) in [6.07, 6.45) is 0. The van der Waals surface area contributed by atoms with Crippen molar-refractivity contribution in [2.24, 2.45) is 11.7 Å². The fourth-order valence-corrected chi connectivity index (χ4v) is 1.71. The van der Waals surface area contributed by atoms with E-state index >= 15 is 0 Å². The molecule has 0 aliphatic heterocycles. The summed E-state index contributed by atoms with van der Waals surface area (Å²) in [4.78, 5) is 10.4. The molecule has 72 valence electrons. The predicted molar refractivity (Wildman–Crippen MR) is 52.4 cm³/mol. The molecule has 0 bridgehead atoms. The second-order valence-corrected chi connectivity index (χ2v) is 4.77. The van der Waals surface area contributed by atoms with Gasteiger partial charge in [0.05, 0.1) is 5.92 Å². The van der Waals surface area contributed by atoms with Gasteiger partial charge in [-0.3, -0.25) is 4.79 Å². The number of nitrogens with two attached hydrogens (primary N) is 1. The lowest BCUT2D eigenvalue weighted by atomic mass is 10.1. The lowest BCUT2D eigenvalue weighted by molar-refractivity contribution is -0.140. The quantitative estimate of drug-likeness (QED) is 0.685. The third-order valence-corrected chi connectivity index (χ3v) is 2.95. The maximum absolute atomic E-state index is 10.4. The Hall–Kier alpha value is -0.220. The van der Waals surface area contributed by atoms with Gasteiger partial charge in [-0.2, -0.15) is 11.8 Å². The van der Waals surface area contributed by atoms with E-state index in [9.17, 15) is 4.79 Å². The summed E-state index contributed by atoms with van der Waals surface area (Å²) in [5.41, 5.74) is 5.52. The van der Waals surface area contributed by atoms with Gasteiger partial charge in [0, 0.05) is 17.0 Å². The predicted octanol–water partition coefficient (Wildman–Crippen LogP) is 1.18. The molecule has 0 fully saturated rings. The molecule has 0 aromatic heterocycles. The third kappa shape index (κ3) is 6.49. The highest BCUT2D eigenvalue weighted by molar-refractivity contribution is 7.99. The summed E-state index contributed by atoms with van der Waals surface area (Å²) in [7, 11) is 0. The number of carboxylic acids is 1. The zero-order valence-electron chi connectivity index (χ0n) is 7.83. The monoisotopic (exact) mass is 191 g/mol. The van der Waals surface area contributed by atoms with Crippen LogP contribution in [0.25, 0.3) is 0 Å². The molecule has 0 amide bonds. The molecule has 0 aliphatic carbocycles. The van der Waals surface area contributed by atoms with Gasteiger partial charge in [-0.1, -0.05) is 6.92 Å². The standard InChI is InChI=1S/C8H17NO2S/c1-6(7(10)11)4-12-5-8(2,3)9/h6H,4-5,9H2,1-3H3,(H,10,11). The molecule has 0 aliphatic rings. The van der Waals surface area contributed by atoms with Crippen molar-refractivity contribution in [2.75, 3.05) is 11.5 Å². The smallest absolute Gasteiger partial charge is 0.307 e. The molecule has 3 N–H and O–H groups in total. The Bertz CT molecular complexity index is 154. The van der Waals surface area contributed by atoms with Crippen LogP contribution in [0.5, 0.6) is 0 Å². The van der Waals surface area contributed by atoms with E-state index in [4.69, 9.17) is 10.8 Å². The van der Waals surface area contributed by atoms with E-state index < -0.39 is 5.97 Å². The molecular weight excluding hydrogens is 174 g/mol. The third-order valence-electron chi connectivity index (χ3n) is 1.26. The molecule has 0 aromatic carbocycles. The van der Waals surface area contributed by atoms with E-state index in [1.54, 1.807) is 18.7 Å². The van der Waals surface area contributed by atoms with Crippen molar-refractivity contribution >= 4 is 17.7 Å². The molecule has 1 atom stereocenters. The summed E-state index contributed by atoms with van der Waals surface area (Å²) >= 11 is 1.59. The molecule has 3 nitrogen and oxygen atoms in total. The van der Waals surface area contributed by atoms with Crippen LogP contribution in [0, 0.1) is 5.92 Å². The van der Waals surface area contributed by atoms with Crippen LogP contribution in [0.1, 0.15) is 20.8 Å². The number of rotatable bonds is 5. The van der Waals surface area contributed by atoms with Gasteiger partial charge in [0.1, 0.15) is 0 Å². The molecule has 0 radical (unpaired) electrons. The highest BCUT2D eigenvalue weighted by Crippen LogP contribution is 2.13. The Morgan fingerprint density at radius 3 is 2.50 bits per heavy atom. The van der Waals surface area contributed by atoms with Gasteiger partial charge in [-0.05, 0) is 13.8 Å². The minimum absolute atomic E-state index is 0.205. The molecule has 0 aromatic rings. The zero-order valence-corrected chi connectivity index (χ0v) is 8.65. The number of aliphatic carboxylic acids is 1. The van der Waals surface area contributed by atoms with Crippen LogP contribution < -0.4 is 5.73 Å². The first-order valence-corrected chi connectivity index (χ1v) is 5.08. The van der Waals surface area contributed by atoms with Crippen LogP contribution >= 0.6 is 11.8 Å². The van der Waals surface area contributed by atoms with Gasteiger partial charge in [-0.15, -0.1) is 0 Å². The molecule has 0 heterocycles. The lowest BCUT2D eigenvalue weighted by Gasteiger charge is -2.18. The van der Waals surface area contributed by atoms with Crippen molar-refractivity contribution in [3.05, 3.63) is 0 Å². The molecule has 12 heavy (non-hydrogen) atoms. The van der Waals surface area contributed by atoms with Crippen molar-refractivity contribution in [3.63, 3.8) is 0 Å². The second-order valence-electron chi connectivity index (χ2n) is 3.74. The maximum atomic E-state index is 10.4. The average molecular weight is 191 g/mol. The van der Waals surface area contributed by atoms with Gasteiger partial charge in [0.15, 0.2) is 0 Å². The topological polar surface area (TPSA) is 63.3 Å². The van der Waals surface area contributed by atoms with Crippen molar-refractivity contribution in [1.29, 1.82) is 0 Å². The van der Waals surface area contributed by atoms with Crippen LogP contribution in [0.2, 0.25) is 0 Å². The van der Waals surface area contributed by atoms with Crippen LogP contribution in [0.15, 0.2) is 0 Å². The molecule has 0 saturated carbocycles. The molecule has 0 rings (SSSR count). The van der Waals surface area contributed by atoms with E-state index in [0.29, 0.717) is 5.75 Å². The SMILES string of the molecule is CC(CSCC(C)(C)N)C(=O)O. The van der Waals surface area contributed by atoms with Crippen molar-refractivity contribution < 1.29 is 9.90 Å². The van der Waals surface area contributed by atoms with E-state index in [0.717, 1.165) is 5.75 Å². The van der Waals surface area contributed by atoms with E-state index in [-0.39, 0.29) is 11.5 Å². The summed E-state index contributed by atoms with van der Waals surface area (Å²) in [5, 5.41) is 8.57. The largest absolute Gasteiger partial charge is 0.481 e. The highest BCUT2D eigenvalue weighted by Gasteiger charge is 2.14. The van der Waals surface area contributed by atoms with Crippen LogP contribution in [-0.4, -0.2) is 28.1 Å². The fourth-order valence-electron chi connectivity index (χ4n) is 0.570. The van der Waals surface area contributed by atoms with Gasteiger partial charge in [-0.25, -0.2) is 0 Å². The van der Waals surface area contributed by atoms with Gasteiger partial charge < -0.3 is 10.8 Å². The van der Waals surface area contributed by atoms with E-state index in [1.807, 2.05) is 13.8 Å². The van der Waals surface area contributed by atoms with E-state index in [2.05, 4.69) is 0 Å². The Morgan fingerprint density at radius 1 is 1.67 bits per heavy atom. The number of hydrogen-bond acceptors (Lipinski definition) is 3. The van der Waals surface area contributed by atoms with Crippen molar-refractivity contribution in [1.82, 2.24) is 0 Å². The normalized spacial score (nSPS) is 14.3. The van der Waals surface area contributed by atoms with Crippen molar-refractivity contribution in [2.45, 2.75) is 26.3 Å². The minimum atomic E-state index is -0.739. The van der Waals surface area contributed by atoms with Crippen molar-refractivity contribution in [3.8, 4) is 0 Å². The lowest BCUT2D eigenvalue weighted by Crippen LogP contribution is -2.35. The molecule has 1 unspecified atom stereocenters. The average Bonchev–Trinajstić information content (AvgIpc) is 1.84. The summed E-state index contributed by atoms with van der Waals surface area (Å²) in [6.45, 7) is 5.58. The summed E-state index contributed by atoms with van der Waals surface area (Å²) in [6, 6.07) is 0. The highest BCUT2D eigenvalue weighted by atomic mass is 32.2. The van der Waals surface area contributed by atoms with Gasteiger partial charge >= 0.3 is 5.97 Å². The molecule has 4 heteroatoms. The Morgan fingerprint density at radius 2 is 2.17 bits per heavy atom. The van der Waals surface area contributed by atoms with Crippen LogP contribution in [0.4, 0.5) is 0 Å². The summed E-state index contributed by atoms with van der Waals surface area (Å²) < 4.78 is 0. The molecular formula is C8H17NO2S. The molecule has 0 saturated heterocycles. The zero-order chi connectivity index (χ0) is 9.78. The summed E-state index contributed by atoms with van der Waals surface area (Å²) in [5.74, 6) is 0.412. The van der Waals surface area contributed by atoms with Crippen LogP contribution in [-0.2, 0) is 4.79 Å². The molecule has 0 spiro atoms. The first-order chi connectivity index (χ1) is 5.33. The van der Waals surface area contributed by atoms with Gasteiger partial charge in [0.2, 0.25) is 0 Å².